The van der Waals surface area contributed by atoms with Gasteiger partial charge in [-0.25, -0.2) is 4.57 Å². The Morgan fingerprint density at radius 3 is 1.77 bits per heavy atom. The van der Waals surface area contributed by atoms with Crippen LogP contribution in [0.25, 0.3) is 0 Å². The summed E-state index contributed by atoms with van der Waals surface area (Å²) in [5.74, 6) is -1.00. The van der Waals surface area contributed by atoms with Crippen molar-refractivity contribution in [2.75, 3.05) is 0 Å². The maximum atomic E-state index is 13.5. The summed E-state index contributed by atoms with van der Waals surface area (Å²) in [5, 5.41) is 11.4. The van der Waals surface area contributed by atoms with Gasteiger partial charge in [-0.3, -0.25) is 0 Å². The maximum absolute atomic E-state index is 13.5. The zero-order chi connectivity index (χ0) is 18.6. The highest BCUT2D eigenvalue weighted by Gasteiger charge is 2.40. The molecule has 1 unspecified atom stereocenters. The van der Waals surface area contributed by atoms with Crippen LogP contribution in [0.1, 0.15) is 11.4 Å². The molecule has 0 radical (unpaired) electrons. The lowest BCUT2D eigenvalue weighted by molar-refractivity contribution is 0.212. The van der Waals surface area contributed by atoms with Crippen LogP contribution in [-0.4, -0.2) is 5.11 Å². The van der Waals surface area contributed by atoms with Gasteiger partial charge in [0.15, 0.2) is 0 Å². The van der Waals surface area contributed by atoms with Crippen molar-refractivity contribution >= 4 is 30.8 Å². The largest absolute Gasteiger partial charge is 0.463 e. The molecule has 0 bridgehead atoms. The molecule has 0 heterocycles. The van der Waals surface area contributed by atoms with Gasteiger partial charge in [-0.1, -0.05) is 65.7 Å². The zero-order valence-corrected chi connectivity index (χ0v) is 15.9. The van der Waals surface area contributed by atoms with Gasteiger partial charge in [0, 0.05) is 15.6 Å². The molecule has 1 N–H and O–H groups in total. The average Bonchev–Trinajstić information content (AvgIpc) is 2.63. The molecular formula is C19H15Cl2O4P. The molecule has 134 valence electrons. The van der Waals surface area contributed by atoms with E-state index in [4.69, 9.17) is 32.2 Å². The molecule has 0 amide bonds. The highest BCUT2D eigenvalue weighted by molar-refractivity contribution is 7.54. The Morgan fingerprint density at radius 2 is 1.31 bits per heavy atom. The van der Waals surface area contributed by atoms with Gasteiger partial charge in [-0.2, -0.15) is 0 Å². The van der Waals surface area contributed by atoms with Crippen LogP contribution in [0.3, 0.4) is 0 Å². The van der Waals surface area contributed by atoms with Crippen molar-refractivity contribution < 1.29 is 18.7 Å². The van der Waals surface area contributed by atoms with Gasteiger partial charge >= 0.3 is 7.60 Å². The van der Waals surface area contributed by atoms with Crippen LogP contribution in [0.4, 0.5) is 0 Å². The first kappa shape index (κ1) is 18.8. The number of rotatable bonds is 6. The van der Waals surface area contributed by atoms with E-state index >= 15 is 0 Å². The summed E-state index contributed by atoms with van der Waals surface area (Å²) in [5.41, 5.74) is 0.200. The van der Waals surface area contributed by atoms with Crippen molar-refractivity contribution in [2.24, 2.45) is 0 Å². The number of halogens is 2. The van der Waals surface area contributed by atoms with Crippen molar-refractivity contribution in [3.63, 3.8) is 0 Å². The van der Waals surface area contributed by atoms with Crippen LogP contribution in [0.2, 0.25) is 10.0 Å². The van der Waals surface area contributed by atoms with Gasteiger partial charge in [-0.15, -0.1) is 0 Å². The Kier molecular flexibility index (Phi) is 5.90. The fourth-order valence-electron chi connectivity index (χ4n) is 2.26. The normalized spacial score (nSPS) is 12.4. The first-order chi connectivity index (χ1) is 12.5. The Bertz CT molecular complexity index is 874. The molecule has 3 aromatic carbocycles. The van der Waals surface area contributed by atoms with Crippen molar-refractivity contribution in [3.8, 4) is 11.5 Å². The summed E-state index contributed by atoms with van der Waals surface area (Å²) in [6, 6.07) is 21.5. The molecule has 0 aromatic heterocycles. The minimum Gasteiger partial charge on any atom is -0.414 e. The van der Waals surface area contributed by atoms with E-state index in [2.05, 4.69) is 0 Å². The van der Waals surface area contributed by atoms with Crippen LogP contribution < -0.4 is 9.05 Å². The number of hydrogen-bond acceptors (Lipinski definition) is 4. The predicted molar refractivity (Wildman–Crippen MR) is 103 cm³/mol. The second-order valence-corrected chi connectivity index (χ2v) is 8.17. The van der Waals surface area contributed by atoms with Crippen LogP contribution in [-0.2, 0) is 4.57 Å². The Balaban J connectivity index is 2.00. The molecule has 3 aromatic rings. The molecule has 3 rings (SSSR count). The molecule has 0 aliphatic carbocycles. The Morgan fingerprint density at radius 1 is 0.808 bits per heavy atom. The predicted octanol–water partition coefficient (Wildman–Crippen LogP) is 6.34. The highest BCUT2D eigenvalue weighted by atomic mass is 35.5. The lowest BCUT2D eigenvalue weighted by Crippen LogP contribution is -2.11. The lowest BCUT2D eigenvalue weighted by Gasteiger charge is -2.25. The molecular weight excluding hydrogens is 394 g/mol. The van der Waals surface area contributed by atoms with E-state index in [1.807, 2.05) is 0 Å². The van der Waals surface area contributed by atoms with Gasteiger partial charge in [0.25, 0.3) is 0 Å². The van der Waals surface area contributed by atoms with E-state index in [-0.39, 0.29) is 10.6 Å². The van der Waals surface area contributed by atoms with Gasteiger partial charge in [0.2, 0.25) is 5.85 Å². The molecule has 0 saturated carbocycles. The number of benzene rings is 3. The molecule has 0 aliphatic rings. The molecule has 0 spiro atoms. The van der Waals surface area contributed by atoms with E-state index in [0.717, 1.165) is 0 Å². The van der Waals surface area contributed by atoms with Crippen molar-refractivity contribution in [3.05, 3.63) is 94.5 Å². The maximum Gasteiger partial charge on any atom is 0.463 e. The van der Waals surface area contributed by atoms with Crippen LogP contribution in [0, 0.1) is 0 Å². The van der Waals surface area contributed by atoms with E-state index in [1.54, 1.807) is 66.7 Å². The molecule has 7 heteroatoms. The molecule has 26 heavy (non-hydrogen) atoms. The second kappa shape index (κ2) is 8.15. The fourth-order valence-corrected chi connectivity index (χ4v) is 4.48. The Hall–Kier alpha value is -1.97. The summed E-state index contributed by atoms with van der Waals surface area (Å²) < 4.78 is 24.7. The van der Waals surface area contributed by atoms with Crippen molar-refractivity contribution in [2.45, 2.75) is 5.85 Å². The van der Waals surface area contributed by atoms with Gasteiger partial charge in [0.05, 0.1) is 0 Å². The van der Waals surface area contributed by atoms with Gasteiger partial charge in [0.1, 0.15) is 11.5 Å². The first-order valence-electron chi connectivity index (χ1n) is 7.70. The highest BCUT2D eigenvalue weighted by Crippen LogP contribution is 2.59. The van der Waals surface area contributed by atoms with Gasteiger partial charge < -0.3 is 14.2 Å². The third kappa shape index (κ3) is 4.40. The molecule has 1 atom stereocenters. The number of hydrogen-bond donors (Lipinski definition) is 1. The van der Waals surface area contributed by atoms with Crippen molar-refractivity contribution in [1.29, 1.82) is 0 Å². The molecule has 0 fully saturated rings. The number of para-hydroxylation sites is 2. The summed E-state index contributed by atoms with van der Waals surface area (Å²) in [6.45, 7) is 0. The minimum absolute atomic E-state index is 0.165. The van der Waals surface area contributed by atoms with Crippen molar-refractivity contribution in [1.82, 2.24) is 0 Å². The molecule has 0 saturated heterocycles. The molecule has 4 nitrogen and oxygen atoms in total. The third-order valence-electron chi connectivity index (χ3n) is 3.49. The number of aliphatic hydroxyl groups is 1. The quantitative estimate of drug-likeness (QED) is 0.483. The van der Waals surface area contributed by atoms with Crippen LogP contribution >= 0.6 is 30.8 Å². The summed E-state index contributed by atoms with van der Waals surface area (Å²) in [7, 11) is -4.09. The fraction of sp³-hybridized carbons (Fsp3) is 0.0526. The van der Waals surface area contributed by atoms with E-state index in [0.29, 0.717) is 16.5 Å². The Labute approximate surface area is 161 Å². The van der Waals surface area contributed by atoms with E-state index in [1.165, 1.54) is 12.1 Å². The average molecular weight is 409 g/mol. The van der Waals surface area contributed by atoms with E-state index in [9.17, 15) is 9.67 Å². The van der Waals surface area contributed by atoms with E-state index < -0.39 is 13.4 Å². The zero-order valence-electron chi connectivity index (χ0n) is 13.5. The monoisotopic (exact) mass is 408 g/mol. The smallest absolute Gasteiger partial charge is 0.414 e. The topological polar surface area (TPSA) is 55.8 Å². The minimum atomic E-state index is -4.09. The summed E-state index contributed by atoms with van der Waals surface area (Å²) >= 11 is 12.1. The molecule has 0 aliphatic heterocycles. The van der Waals surface area contributed by atoms with Crippen LogP contribution in [0.5, 0.6) is 11.5 Å². The SMILES string of the molecule is O=P(Oc1ccccc1)(Oc1ccccc1)C(O)c1ccc(Cl)cc1Cl. The standard InChI is InChI=1S/C19H15Cl2O4P/c20-14-11-12-17(18(21)13-14)19(22)26(23,24-15-7-3-1-4-8-15)25-16-9-5-2-6-10-16/h1-13,19,22H. The third-order valence-corrected chi connectivity index (χ3v) is 5.86. The summed E-state index contributed by atoms with van der Waals surface area (Å²) in [4.78, 5) is 0. The van der Waals surface area contributed by atoms with Crippen LogP contribution in [0.15, 0.2) is 78.9 Å². The second-order valence-electron chi connectivity index (χ2n) is 5.39. The van der Waals surface area contributed by atoms with Gasteiger partial charge in [-0.05, 0) is 36.4 Å². The number of aliphatic hydroxyl groups excluding tert-OH is 1. The lowest BCUT2D eigenvalue weighted by atomic mass is 10.2. The first-order valence-corrected chi connectivity index (χ1v) is 10.1. The summed E-state index contributed by atoms with van der Waals surface area (Å²) in [6.07, 6.45) is 0.